The molecule has 4 rings (SSSR count). The molecule has 1 aromatic heterocycles. The van der Waals surface area contributed by atoms with E-state index in [1.54, 1.807) is 0 Å². The maximum absolute atomic E-state index is 13.8. The van der Waals surface area contributed by atoms with Crippen molar-refractivity contribution in [2.45, 2.75) is 57.4 Å². The highest BCUT2D eigenvalue weighted by Gasteiger charge is 2.40. The number of aryl methyl sites for hydroxylation is 1. The average molecular weight is 626 g/mol. The van der Waals surface area contributed by atoms with Crippen LogP contribution in [0.15, 0.2) is 30.3 Å². The van der Waals surface area contributed by atoms with Gasteiger partial charge in [0, 0.05) is 13.1 Å². The molecule has 0 fully saturated rings. The third-order valence-corrected chi connectivity index (χ3v) is 6.79. The van der Waals surface area contributed by atoms with Crippen molar-refractivity contribution in [3.05, 3.63) is 63.7 Å². The van der Waals surface area contributed by atoms with Gasteiger partial charge in [-0.2, -0.15) is 44.3 Å². The average Bonchev–Trinajstić information content (AvgIpc) is 3.26. The summed E-state index contributed by atoms with van der Waals surface area (Å²) in [6.45, 7) is -0.435. The van der Waals surface area contributed by atoms with Crippen LogP contribution in [0, 0.1) is 6.92 Å². The zero-order valence-corrected chi connectivity index (χ0v) is 22.1. The first-order valence-corrected chi connectivity index (χ1v) is 12.6. The van der Waals surface area contributed by atoms with Crippen molar-refractivity contribution < 1.29 is 54.5 Å². The van der Waals surface area contributed by atoms with Crippen molar-refractivity contribution in [2.75, 3.05) is 23.0 Å². The highest BCUT2D eigenvalue weighted by atomic mass is 19.4. The Morgan fingerprint density at radius 2 is 1.60 bits per heavy atom. The number of halogens is 9. The summed E-state index contributed by atoms with van der Waals surface area (Å²) >= 11 is 0. The second-order valence-corrected chi connectivity index (χ2v) is 9.77. The predicted molar refractivity (Wildman–Crippen MR) is 131 cm³/mol. The minimum atomic E-state index is -5.15. The number of fused-ring (bicyclic) bond motifs is 1. The summed E-state index contributed by atoms with van der Waals surface area (Å²) < 4.78 is 123. The number of benzene rings is 2. The second kappa shape index (κ2) is 11.5. The Hall–Kier alpha value is -4.09. The number of carboxylic acid groups (broad SMARTS) is 1. The fraction of sp³-hybridized carbons (Fsp3) is 0.440. The number of aromatic nitrogens is 4. The summed E-state index contributed by atoms with van der Waals surface area (Å²) in [5.41, 5.74) is -5.42. The van der Waals surface area contributed by atoms with Crippen molar-refractivity contribution in [2.24, 2.45) is 0 Å². The van der Waals surface area contributed by atoms with Crippen LogP contribution < -0.4 is 9.80 Å². The number of rotatable bonds is 6. The fourth-order valence-electron chi connectivity index (χ4n) is 4.93. The van der Waals surface area contributed by atoms with Crippen molar-refractivity contribution in [1.82, 2.24) is 20.2 Å². The molecular formula is C25H23F9N6O3. The van der Waals surface area contributed by atoms with E-state index in [0.29, 0.717) is 23.1 Å². The number of nitrogens with zero attached hydrogens (tertiary/aromatic N) is 6. The standard InChI is InChI=1S/C25H23F9N6O3/c1-13-7-17-19(3-2-4-38(22(42)43)20(17)11-18(13)25(32,33)34)39(21-35-37-40(36-21)5-6-41)12-14-8-15(23(26,27)28)10-16(9-14)24(29,30)31/h7-11,19,41H,2-6,12H2,1H3,(H,42,43)/t19-/m0/s1. The highest BCUT2D eigenvalue weighted by molar-refractivity contribution is 5.88. The number of carbonyl (C=O) groups is 1. The minimum absolute atomic E-state index is 0.00120. The molecule has 1 amide bonds. The van der Waals surface area contributed by atoms with E-state index in [0.717, 1.165) is 22.7 Å². The minimum Gasteiger partial charge on any atom is -0.465 e. The van der Waals surface area contributed by atoms with Gasteiger partial charge in [0.25, 0.3) is 5.95 Å². The lowest BCUT2D eigenvalue weighted by atomic mass is 9.94. The van der Waals surface area contributed by atoms with E-state index < -0.39 is 66.1 Å². The molecule has 0 unspecified atom stereocenters. The number of anilines is 2. The molecule has 2 heterocycles. The zero-order chi connectivity index (χ0) is 31.9. The van der Waals surface area contributed by atoms with Crippen LogP contribution in [0.25, 0.3) is 0 Å². The molecule has 0 saturated carbocycles. The topological polar surface area (TPSA) is 108 Å². The quantitative estimate of drug-likeness (QED) is 0.321. The molecule has 2 N–H and O–H groups in total. The number of tetrazole rings is 1. The summed E-state index contributed by atoms with van der Waals surface area (Å²) in [5, 5.41) is 30.6. The second-order valence-electron chi connectivity index (χ2n) is 9.77. The van der Waals surface area contributed by atoms with E-state index in [2.05, 4.69) is 15.4 Å². The molecule has 18 heteroatoms. The molecule has 234 valence electrons. The van der Waals surface area contributed by atoms with Crippen LogP contribution in [0.2, 0.25) is 0 Å². The predicted octanol–water partition coefficient (Wildman–Crippen LogP) is 6.06. The lowest BCUT2D eigenvalue weighted by molar-refractivity contribution is -0.143. The summed E-state index contributed by atoms with van der Waals surface area (Å²) in [5.74, 6) is -0.323. The van der Waals surface area contributed by atoms with E-state index in [4.69, 9.17) is 0 Å². The van der Waals surface area contributed by atoms with Crippen LogP contribution in [-0.4, -0.2) is 49.7 Å². The number of aliphatic hydroxyl groups is 1. The Morgan fingerprint density at radius 1 is 0.977 bits per heavy atom. The lowest BCUT2D eigenvalue weighted by Crippen LogP contribution is -2.32. The molecule has 9 nitrogen and oxygen atoms in total. The molecule has 0 radical (unpaired) electrons. The number of amides is 1. The van der Waals surface area contributed by atoms with Crippen molar-refractivity contribution in [3.63, 3.8) is 0 Å². The van der Waals surface area contributed by atoms with Crippen molar-refractivity contribution in [3.8, 4) is 0 Å². The molecule has 2 aromatic carbocycles. The SMILES string of the molecule is Cc1cc2c(cc1C(F)(F)F)N(C(=O)O)CCC[C@@H]2N(Cc1cc(C(F)(F)F)cc(C(F)(F)F)c1)c1nnn(CCO)n1. The molecule has 0 aliphatic carbocycles. The van der Waals surface area contributed by atoms with Gasteiger partial charge in [0.1, 0.15) is 0 Å². The van der Waals surface area contributed by atoms with Crippen molar-refractivity contribution >= 4 is 17.7 Å². The first-order valence-electron chi connectivity index (χ1n) is 12.6. The van der Waals surface area contributed by atoms with E-state index in [1.807, 2.05) is 0 Å². The van der Waals surface area contributed by atoms with Gasteiger partial charge in [-0.15, -0.1) is 5.10 Å². The lowest BCUT2D eigenvalue weighted by Gasteiger charge is -2.32. The highest BCUT2D eigenvalue weighted by Crippen LogP contribution is 2.44. The van der Waals surface area contributed by atoms with Gasteiger partial charge >= 0.3 is 24.6 Å². The summed E-state index contributed by atoms with van der Waals surface area (Å²) in [6, 6.07) is 1.58. The van der Waals surface area contributed by atoms with Crippen molar-refractivity contribution in [1.29, 1.82) is 0 Å². The third-order valence-electron chi connectivity index (χ3n) is 6.79. The number of aliphatic hydroxyl groups excluding tert-OH is 1. The molecule has 1 atom stereocenters. The largest absolute Gasteiger partial charge is 0.465 e. The molecule has 1 aliphatic heterocycles. The monoisotopic (exact) mass is 626 g/mol. The molecule has 0 spiro atoms. The molecule has 3 aromatic rings. The molecule has 43 heavy (non-hydrogen) atoms. The van der Waals surface area contributed by atoms with Crippen LogP contribution in [0.4, 0.5) is 55.9 Å². The van der Waals surface area contributed by atoms with Crippen LogP contribution >= 0.6 is 0 Å². The Balaban J connectivity index is 1.93. The van der Waals surface area contributed by atoms with Gasteiger partial charge < -0.3 is 15.1 Å². The van der Waals surface area contributed by atoms with E-state index in [-0.39, 0.29) is 54.8 Å². The van der Waals surface area contributed by atoms with Crippen LogP contribution in [0.3, 0.4) is 0 Å². The van der Waals surface area contributed by atoms with Crippen LogP contribution in [0.1, 0.15) is 52.3 Å². The smallest absolute Gasteiger partial charge is 0.416 e. The van der Waals surface area contributed by atoms with Gasteiger partial charge in [-0.3, -0.25) is 4.90 Å². The van der Waals surface area contributed by atoms with E-state index in [9.17, 15) is 54.5 Å². The van der Waals surface area contributed by atoms with Gasteiger partial charge in [0.15, 0.2) is 0 Å². The van der Waals surface area contributed by atoms with Gasteiger partial charge in [-0.25, -0.2) is 4.79 Å². The fourth-order valence-corrected chi connectivity index (χ4v) is 4.93. The Morgan fingerprint density at radius 3 is 2.14 bits per heavy atom. The first kappa shape index (κ1) is 31.8. The number of hydrogen-bond acceptors (Lipinski definition) is 6. The normalized spacial score (nSPS) is 16.2. The number of hydrogen-bond donors (Lipinski definition) is 2. The number of alkyl halides is 9. The Kier molecular flexibility index (Phi) is 8.54. The Bertz CT molecular complexity index is 1450. The molecule has 0 bridgehead atoms. The van der Waals surface area contributed by atoms with Gasteiger partial charge in [-0.05, 0) is 65.9 Å². The Labute approximate surface area is 237 Å². The maximum Gasteiger partial charge on any atom is 0.416 e. The summed E-state index contributed by atoms with van der Waals surface area (Å²) in [7, 11) is 0. The van der Waals surface area contributed by atoms with Crippen LogP contribution in [0.5, 0.6) is 0 Å². The van der Waals surface area contributed by atoms with Gasteiger partial charge in [0.2, 0.25) is 0 Å². The van der Waals surface area contributed by atoms with Gasteiger partial charge in [-0.1, -0.05) is 11.2 Å². The zero-order valence-electron chi connectivity index (χ0n) is 22.1. The summed E-state index contributed by atoms with van der Waals surface area (Å²) in [4.78, 5) is 14.8. The molecular weight excluding hydrogens is 603 g/mol. The third kappa shape index (κ3) is 6.94. The first-order chi connectivity index (χ1) is 19.9. The van der Waals surface area contributed by atoms with E-state index >= 15 is 0 Å². The summed E-state index contributed by atoms with van der Waals surface area (Å²) in [6.07, 6.45) is -16.7. The molecule has 0 saturated heterocycles. The van der Waals surface area contributed by atoms with Crippen LogP contribution in [-0.2, 0) is 31.6 Å². The van der Waals surface area contributed by atoms with E-state index in [1.165, 1.54) is 0 Å². The maximum atomic E-state index is 13.8. The van der Waals surface area contributed by atoms with Gasteiger partial charge in [0.05, 0.1) is 41.6 Å². The molecule has 1 aliphatic rings.